The predicted molar refractivity (Wildman–Crippen MR) is 104 cm³/mol. The Kier molecular flexibility index (Phi) is 7.26. The Bertz CT molecular complexity index is 708. The molecule has 7 nitrogen and oxygen atoms in total. The number of anilines is 1. The Hall–Kier alpha value is -2.48. The molecule has 0 aliphatic heterocycles. The molecule has 1 rings (SSSR count). The number of nitrogens with one attached hydrogen (secondary N) is 1. The van der Waals surface area contributed by atoms with Gasteiger partial charge in [-0.25, -0.2) is 9.59 Å². The summed E-state index contributed by atoms with van der Waals surface area (Å²) < 4.78 is 16.0. The van der Waals surface area contributed by atoms with E-state index in [4.69, 9.17) is 19.3 Å². The van der Waals surface area contributed by atoms with Gasteiger partial charge in [-0.3, -0.25) is 5.32 Å². The maximum absolute atomic E-state index is 12.3. The summed E-state index contributed by atoms with van der Waals surface area (Å²) in [5.74, 6) is -0.224. The Morgan fingerprint density at radius 1 is 1.15 bits per heavy atom. The zero-order valence-corrected chi connectivity index (χ0v) is 17.3. The fourth-order valence-corrected chi connectivity index (χ4v) is 2.35. The van der Waals surface area contributed by atoms with Gasteiger partial charge in [-0.15, -0.1) is 0 Å². The minimum absolute atomic E-state index is 0.115. The van der Waals surface area contributed by atoms with Crippen molar-refractivity contribution in [3.8, 4) is 11.5 Å². The van der Waals surface area contributed by atoms with E-state index in [0.29, 0.717) is 22.7 Å². The van der Waals surface area contributed by atoms with Gasteiger partial charge in [0.1, 0.15) is 0 Å². The zero-order chi connectivity index (χ0) is 20.1. The highest BCUT2D eigenvalue weighted by atomic mass is 28.3. The molecule has 0 heterocycles. The molecule has 0 radical (unpaired) electrons. The van der Waals surface area contributed by atoms with Crippen molar-refractivity contribution in [2.45, 2.75) is 39.2 Å². The Labute approximate surface area is 155 Å². The Morgan fingerprint density at radius 3 is 2.15 bits per heavy atom. The third-order valence-corrected chi connectivity index (χ3v) is 6.56. The quantitative estimate of drug-likeness (QED) is 0.547. The van der Waals surface area contributed by atoms with Crippen LogP contribution in [0.4, 0.5) is 10.5 Å². The van der Waals surface area contributed by atoms with Gasteiger partial charge >= 0.3 is 12.1 Å². The summed E-state index contributed by atoms with van der Waals surface area (Å²) in [6, 6.07) is 3.17. The number of rotatable bonds is 7. The van der Waals surface area contributed by atoms with Crippen LogP contribution in [0.5, 0.6) is 11.5 Å². The highest BCUT2D eigenvalue weighted by molar-refractivity contribution is 6.77. The number of carboxylic acids is 1. The van der Waals surface area contributed by atoms with Gasteiger partial charge in [0.05, 0.1) is 33.7 Å². The van der Waals surface area contributed by atoms with E-state index in [2.05, 4.69) is 25.0 Å². The molecule has 0 aliphatic rings. The molecule has 0 aromatic heterocycles. The molecule has 26 heavy (non-hydrogen) atoms. The van der Waals surface area contributed by atoms with Gasteiger partial charge in [0.2, 0.25) is 0 Å². The summed E-state index contributed by atoms with van der Waals surface area (Å²) in [7, 11) is 1.31. The second-order valence-electron chi connectivity index (χ2n) is 6.97. The number of carboxylic acid groups (broad SMARTS) is 1. The van der Waals surface area contributed by atoms with E-state index in [1.807, 2.05) is 6.92 Å². The largest absolute Gasteiger partial charge is 0.493 e. The van der Waals surface area contributed by atoms with Crippen LogP contribution in [0.25, 0.3) is 6.08 Å². The molecule has 0 spiro atoms. The van der Waals surface area contributed by atoms with Crippen LogP contribution >= 0.6 is 0 Å². The van der Waals surface area contributed by atoms with Crippen molar-refractivity contribution in [3.63, 3.8) is 0 Å². The average Bonchev–Trinajstić information content (AvgIpc) is 2.54. The van der Waals surface area contributed by atoms with E-state index in [1.54, 1.807) is 12.1 Å². The van der Waals surface area contributed by atoms with E-state index in [9.17, 15) is 9.59 Å². The van der Waals surface area contributed by atoms with Crippen LogP contribution in [-0.2, 0) is 9.53 Å². The minimum Gasteiger partial charge on any atom is -0.493 e. The summed E-state index contributed by atoms with van der Waals surface area (Å²) >= 11 is 0. The third kappa shape index (κ3) is 5.80. The van der Waals surface area contributed by atoms with Crippen LogP contribution in [0.3, 0.4) is 0 Å². The molecule has 0 fully saturated rings. The SMILES string of the molecule is COc1cc(C=C(C)C(=O)O)c(NC(=O)OC(C)[Si](C)(C)C)cc1OC. The van der Waals surface area contributed by atoms with Crippen LogP contribution in [0, 0.1) is 0 Å². The highest BCUT2D eigenvalue weighted by Gasteiger charge is 2.26. The van der Waals surface area contributed by atoms with Crippen molar-refractivity contribution in [3.05, 3.63) is 23.3 Å². The molecule has 1 amide bonds. The minimum atomic E-state index is -1.65. The lowest BCUT2D eigenvalue weighted by Crippen LogP contribution is -2.40. The normalized spacial score (nSPS) is 13.0. The zero-order valence-electron chi connectivity index (χ0n) is 16.3. The third-order valence-electron chi connectivity index (χ3n) is 4.01. The molecule has 0 bridgehead atoms. The molecule has 1 atom stereocenters. The van der Waals surface area contributed by atoms with Gasteiger partial charge in [0, 0.05) is 17.2 Å². The Balaban J connectivity index is 3.24. The lowest BCUT2D eigenvalue weighted by atomic mass is 10.1. The van der Waals surface area contributed by atoms with E-state index < -0.39 is 20.1 Å². The fraction of sp³-hybridized carbons (Fsp3) is 0.444. The topological polar surface area (TPSA) is 94.1 Å². The second-order valence-corrected chi connectivity index (χ2v) is 12.5. The van der Waals surface area contributed by atoms with Crippen molar-refractivity contribution in [1.82, 2.24) is 0 Å². The van der Waals surface area contributed by atoms with Crippen LogP contribution in [0.15, 0.2) is 17.7 Å². The van der Waals surface area contributed by atoms with E-state index in [-0.39, 0.29) is 11.3 Å². The van der Waals surface area contributed by atoms with Crippen molar-refractivity contribution in [2.75, 3.05) is 19.5 Å². The second kappa shape index (κ2) is 8.75. The molecule has 8 heteroatoms. The maximum Gasteiger partial charge on any atom is 0.411 e. The number of benzene rings is 1. The van der Waals surface area contributed by atoms with Crippen LogP contribution in [0.2, 0.25) is 19.6 Å². The smallest absolute Gasteiger partial charge is 0.411 e. The first-order chi connectivity index (χ1) is 12.0. The van der Waals surface area contributed by atoms with Gasteiger partial charge in [-0.2, -0.15) is 0 Å². The van der Waals surface area contributed by atoms with Crippen molar-refractivity contribution >= 4 is 31.9 Å². The molecular formula is C18H27NO6Si. The molecule has 2 N–H and O–H groups in total. The van der Waals surface area contributed by atoms with E-state index in [0.717, 1.165) is 0 Å². The summed E-state index contributed by atoms with van der Waals surface area (Å²) in [5.41, 5.74) is 0.780. The fourth-order valence-electron chi connectivity index (χ4n) is 1.89. The van der Waals surface area contributed by atoms with Gasteiger partial charge < -0.3 is 19.3 Å². The maximum atomic E-state index is 12.3. The molecule has 1 unspecified atom stereocenters. The lowest BCUT2D eigenvalue weighted by Gasteiger charge is -2.25. The first-order valence-electron chi connectivity index (χ1n) is 8.14. The lowest BCUT2D eigenvalue weighted by molar-refractivity contribution is -0.132. The van der Waals surface area contributed by atoms with E-state index in [1.165, 1.54) is 27.2 Å². The number of ether oxygens (including phenoxy) is 3. The number of methoxy groups -OCH3 is 2. The number of hydrogen-bond acceptors (Lipinski definition) is 5. The summed E-state index contributed by atoms with van der Waals surface area (Å²) in [6.07, 6.45) is 0.844. The van der Waals surface area contributed by atoms with Gasteiger partial charge in [-0.1, -0.05) is 19.6 Å². The van der Waals surface area contributed by atoms with Gasteiger partial charge in [-0.05, 0) is 26.0 Å². The molecule has 0 aliphatic carbocycles. The molecule has 0 saturated heterocycles. The summed E-state index contributed by atoms with van der Waals surface area (Å²) in [6.45, 7) is 9.65. The summed E-state index contributed by atoms with van der Waals surface area (Å²) in [5, 5.41) is 11.8. The van der Waals surface area contributed by atoms with Crippen molar-refractivity contribution in [2.24, 2.45) is 0 Å². The van der Waals surface area contributed by atoms with Gasteiger partial charge in [0.15, 0.2) is 11.5 Å². The van der Waals surface area contributed by atoms with Crippen molar-refractivity contribution in [1.29, 1.82) is 0 Å². The van der Waals surface area contributed by atoms with Crippen LogP contribution < -0.4 is 14.8 Å². The summed E-state index contributed by atoms with van der Waals surface area (Å²) in [4.78, 5) is 23.4. The number of hydrogen-bond donors (Lipinski definition) is 2. The first kappa shape index (κ1) is 21.6. The molecule has 144 valence electrons. The Morgan fingerprint density at radius 2 is 1.69 bits per heavy atom. The molecular weight excluding hydrogens is 354 g/mol. The molecule has 1 aromatic rings. The number of carbonyl (C=O) groups is 2. The average molecular weight is 382 g/mol. The number of carbonyl (C=O) groups excluding carboxylic acids is 1. The molecule has 1 aromatic carbocycles. The number of aliphatic carboxylic acids is 1. The van der Waals surface area contributed by atoms with Crippen LogP contribution in [0.1, 0.15) is 19.4 Å². The van der Waals surface area contributed by atoms with E-state index >= 15 is 0 Å². The van der Waals surface area contributed by atoms with Crippen molar-refractivity contribution < 1.29 is 28.9 Å². The number of amides is 1. The van der Waals surface area contributed by atoms with Crippen LogP contribution in [-0.4, -0.2) is 45.2 Å². The highest BCUT2D eigenvalue weighted by Crippen LogP contribution is 2.34. The molecule has 0 saturated carbocycles. The predicted octanol–water partition coefficient (Wildman–Crippen LogP) is 4.01. The standard InChI is InChI=1S/C18H27NO6Si/c1-11(17(20)21)8-13-9-15(23-3)16(24-4)10-14(13)19-18(22)25-12(2)26(5,6)7/h8-10,12H,1-7H3,(H,19,22)(H,20,21). The monoisotopic (exact) mass is 381 g/mol. The van der Waals surface area contributed by atoms with Gasteiger partial charge in [0.25, 0.3) is 0 Å². The first-order valence-corrected chi connectivity index (χ1v) is 11.7.